The largest absolute Gasteiger partial charge is 0.371 e. The van der Waals surface area contributed by atoms with Crippen LogP contribution in [0.15, 0.2) is 18.2 Å². The second-order valence-electron chi connectivity index (χ2n) is 6.89. The van der Waals surface area contributed by atoms with Gasteiger partial charge in [-0.3, -0.25) is 4.79 Å². The Morgan fingerprint density at radius 2 is 1.92 bits per heavy atom. The van der Waals surface area contributed by atoms with Crippen LogP contribution in [0, 0.1) is 5.82 Å². The van der Waals surface area contributed by atoms with Crippen molar-refractivity contribution in [3.8, 4) is 0 Å². The molecule has 0 aromatic heterocycles. The molecule has 0 radical (unpaired) electrons. The molecule has 1 aliphatic heterocycles. The monoisotopic (exact) mass is 353 g/mol. The van der Waals surface area contributed by atoms with E-state index in [4.69, 9.17) is 11.6 Å². The number of carbonyl (C=O) groups is 1. The summed E-state index contributed by atoms with van der Waals surface area (Å²) in [6, 6.07) is 4.78. The van der Waals surface area contributed by atoms with Gasteiger partial charge in [0.15, 0.2) is 0 Å². The highest BCUT2D eigenvalue weighted by Gasteiger charge is 2.40. The molecule has 1 saturated heterocycles. The quantitative estimate of drug-likeness (QED) is 0.777. The number of nitrogens with one attached hydrogen (secondary N) is 3. The number of amides is 1. The molecule has 0 spiro atoms. The molecular formula is C18H25ClFN3O. The lowest BCUT2D eigenvalue weighted by molar-refractivity contribution is -0.127. The first-order chi connectivity index (χ1) is 11.6. The van der Waals surface area contributed by atoms with Gasteiger partial charge in [0.05, 0.1) is 5.02 Å². The van der Waals surface area contributed by atoms with E-state index in [0.717, 1.165) is 58.0 Å². The van der Waals surface area contributed by atoms with Crippen molar-refractivity contribution in [2.24, 2.45) is 0 Å². The third-order valence-electron chi connectivity index (χ3n) is 5.12. The summed E-state index contributed by atoms with van der Waals surface area (Å²) in [5.41, 5.74) is 0.0772. The van der Waals surface area contributed by atoms with E-state index in [-0.39, 0.29) is 17.0 Å². The summed E-state index contributed by atoms with van der Waals surface area (Å²) in [6.07, 6.45) is 6.68. The molecule has 1 aromatic carbocycles. The first-order valence-electron chi connectivity index (χ1n) is 8.84. The van der Waals surface area contributed by atoms with Crippen LogP contribution in [0.1, 0.15) is 44.9 Å². The van der Waals surface area contributed by atoms with E-state index in [1.807, 2.05) is 0 Å². The van der Waals surface area contributed by atoms with Crippen molar-refractivity contribution in [3.63, 3.8) is 0 Å². The van der Waals surface area contributed by atoms with Crippen molar-refractivity contribution < 1.29 is 9.18 Å². The highest BCUT2D eigenvalue weighted by atomic mass is 35.5. The first kappa shape index (κ1) is 17.5. The number of anilines is 1. The van der Waals surface area contributed by atoms with E-state index in [1.165, 1.54) is 6.07 Å². The van der Waals surface area contributed by atoms with Crippen LogP contribution in [0.25, 0.3) is 0 Å². The topological polar surface area (TPSA) is 53.2 Å². The van der Waals surface area contributed by atoms with Gasteiger partial charge in [-0.25, -0.2) is 4.39 Å². The van der Waals surface area contributed by atoms with Gasteiger partial charge < -0.3 is 16.0 Å². The van der Waals surface area contributed by atoms with Crippen molar-refractivity contribution in [3.05, 3.63) is 29.0 Å². The summed E-state index contributed by atoms with van der Waals surface area (Å²) in [6.45, 7) is 1.89. The van der Waals surface area contributed by atoms with Crippen molar-refractivity contribution in [2.45, 2.75) is 56.5 Å². The maximum Gasteiger partial charge on any atom is 0.245 e. The van der Waals surface area contributed by atoms with E-state index >= 15 is 0 Å². The molecule has 3 rings (SSSR count). The smallest absolute Gasteiger partial charge is 0.245 e. The van der Waals surface area contributed by atoms with Crippen LogP contribution in [0.4, 0.5) is 10.1 Å². The molecule has 4 nitrogen and oxygen atoms in total. The number of halogens is 2. The zero-order chi connectivity index (χ0) is 17.0. The Morgan fingerprint density at radius 1 is 1.21 bits per heavy atom. The standard InChI is InChI=1S/C18H25ClFN3O/c19-15-12-14(4-5-16(15)20)23-18(8-2-1-3-9-18)17(24)22-13-6-10-21-11-7-13/h4-5,12-13,21,23H,1-3,6-11H2,(H,22,24). The highest BCUT2D eigenvalue weighted by molar-refractivity contribution is 6.31. The highest BCUT2D eigenvalue weighted by Crippen LogP contribution is 2.33. The van der Waals surface area contributed by atoms with Gasteiger partial charge in [0.2, 0.25) is 5.91 Å². The minimum atomic E-state index is -0.621. The minimum absolute atomic E-state index is 0.0644. The molecule has 24 heavy (non-hydrogen) atoms. The summed E-state index contributed by atoms with van der Waals surface area (Å²) >= 11 is 5.89. The molecule has 1 amide bonds. The summed E-state index contributed by atoms with van der Waals surface area (Å²) in [5.74, 6) is -0.381. The molecule has 2 aliphatic rings. The van der Waals surface area contributed by atoms with Crippen LogP contribution in [0.3, 0.4) is 0 Å². The maximum atomic E-state index is 13.4. The SMILES string of the molecule is O=C(NC1CCNCC1)C1(Nc2ccc(F)c(Cl)c2)CCCCC1. The second-order valence-corrected chi connectivity index (χ2v) is 7.30. The van der Waals surface area contributed by atoms with E-state index in [1.54, 1.807) is 12.1 Å². The third-order valence-corrected chi connectivity index (χ3v) is 5.41. The Balaban J connectivity index is 1.75. The van der Waals surface area contributed by atoms with Crippen LogP contribution >= 0.6 is 11.6 Å². The van der Waals surface area contributed by atoms with Gasteiger partial charge in [-0.15, -0.1) is 0 Å². The second kappa shape index (κ2) is 7.70. The van der Waals surface area contributed by atoms with Gasteiger partial charge in [0.25, 0.3) is 0 Å². The van der Waals surface area contributed by atoms with Gasteiger partial charge in [-0.05, 0) is 57.0 Å². The lowest BCUT2D eigenvalue weighted by Crippen LogP contribution is -2.57. The Morgan fingerprint density at radius 3 is 2.58 bits per heavy atom. The van der Waals surface area contributed by atoms with Crippen molar-refractivity contribution in [1.82, 2.24) is 10.6 Å². The van der Waals surface area contributed by atoms with Crippen molar-refractivity contribution >= 4 is 23.2 Å². The Labute approximate surface area is 147 Å². The Hall–Kier alpha value is -1.33. The molecule has 2 fully saturated rings. The summed E-state index contributed by atoms with van der Waals surface area (Å²) in [7, 11) is 0. The lowest BCUT2D eigenvalue weighted by Gasteiger charge is -2.39. The predicted molar refractivity (Wildman–Crippen MR) is 94.9 cm³/mol. The van der Waals surface area contributed by atoms with Gasteiger partial charge in [-0.2, -0.15) is 0 Å². The van der Waals surface area contributed by atoms with Crippen molar-refractivity contribution in [1.29, 1.82) is 0 Å². The molecule has 6 heteroatoms. The van der Waals surface area contributed by atoms with Crippen molar-refractivity contribution in [2.75, 3.05) is 18.4 Å². The molecule has 1 aromatic rings. The maximum absolute atomic E-state index is 13.4. The Kier molecular flexibility index (Phi) is 5.61. The van der Waals surface area contributed by atoms with Crippen LogP contribution < -0.4 is 16.0 Å². The molecular weight excluding hydrogens is 329 g/mol. The van der Waals surface area contributed by atoms with Crippen LogP contribution in [-0.2, 0) is 4.79 Å². The number of hydrogen-bond acceptors (Lipinski definition) is 3. The normalized spacial score (nSPS) is 21.2. The summed E-state index contributed by atoms with van der Waals surface area (Å²) in [5, 5.41) is 9.99. The van der Waals surface area contributed by atoms with Gasteiger partial charge in [0, 0.05) is 11.7 Å². The minimum Gasteiger partial charge on any atom is -0.371 e. The van der Waals surface area contributed by atoms with Crippen LogP contribution in [0.5, 0.6) is 0 Å². The number of piperidine rings is 1. The summed E-state index contributed by atoms with van der Waals surface area (Å²) in [4.78, 5) is 13.0. The fraction of sp³-hybridized carbons (Fsp3) is 0.611. The molecule has 3 N–H and O–H groups in total. The van der Waals surface area contributed by atoms with E-state index in [0.29, 0.717) is 5.69 Å². The molecule has 1 aliphatic carbocycles. The van der Waals surface area contributed by atoms with Gasteiger partial charge in [-0.1, -0.05) is 30.9 Å². The fourth-order valence-corrected chi connectivity index (χ4v) is 3.88. The zero-order valence-corrected chi connectivity index (χ0v) is 14.6. The number of hydrogen-bond donors (Lipinski definition) is 3. The summed E-state index contributed by atoms with van der Waals surface area (Å²) < 4.78 is 13.4. The first-order valence-corrected chi connectivity index (χ1v) is 9.22. The number of benzene rings is 1. The zero-order valence-electron chi connectivity index (χ0n) is 13.8. The van der Waals surface area contributed by atoms with Crippen LogP contribution in [0.2, 0.25) is 5.02 Å². The average Bonchev–Trinajstić information content (AvgIpc) is 2.60. The molecule has 0 unspecified atom stereocenters. The van der Waals surface area contributed by atoms with Gasteiger partial charge >= 0.3 is 0 Å². The predicted octanol–water partition coefficient (Wildman–Crippen LogP) is 3.46. The van der Waals surface area contributed by atoms with Crippen LogP contribution in [-0.4, -0.2) is 30.6 Å². The van der Waals surface area contributed by atoms with E-state index < -0.39 is 11.4 Å². The van der Waals surface area contributed by atoms with E-state index in [9.17, 15) is 9.18 Å². The third kappa shape index (κ3) is 4.01. The van der Waals surface area contributed by atoms with Gasteiger partial charge in [0.1, 0.15) is 11.4 Å². The molecule has 1 saturated carbocycles. The molecule has 1 heterocycles. The number of carbonyl (C=O) groups excluding carboxylic acids is 1. The van der Waals surface area contributed by atoms with E-state index in [2.05, 4.69) is 16.0 Å². The average molecular weight is 354 g/mol. The Bertz CT molecular complexity index is 584. The molecule has 132 valence electrons. The number of rotatable bonds is 4. The molecule has 0 atom stereocenters. The lowest BCUT2D eigenvalue weighted by atomic mass is 9.80. The fourth-order valence-electron chi connectivity index (χ4n) is 3.70. The molecule has 0 bridgehead atoms.